The molecule has 0 saturated heterocycles. The van der Waals surface area contributed by atoms with Gasteiger partial charge in [-0.05, 0) is 43.0 Å². The molecule has 1 amide bonds. The van der Waals surface area contributed by atoms with E-state index in [9.17, 15) is 9.59 Å². The Hall–Kier alpha value is -2.46. The Balaban J connectivity index is 1.92. The van der Waals surface area contributed by atoms with Gasteiger partial charge in [-0.3, -0.25) is 9.59 Å². The third-order valence-corrected chi connectivity index (χ3v) is 4.85. The van der Waals surface area contributed by atoms with Gasteiger partial charge in [-0.15, -0.1) is 11.3 Å². The molecule has 0 unspecified atom stereocenters. The summed E-state index contributed by atoms with van der Waals surface area (Å²) in [7, 11) is 0. The average molecular weight is 309 g/mol. The molecule has 22 heavy (non-hydrogen) atoms. The van der Waals surface area contributed by atoms with Crippen molar-refractivity contribution in [3.05, 3.63) is 64.5 Å². The maximum atomic E-state index is 12.5. The summed E-state index contributed by atoms with van der Waals surface area (Å²) in [6.07, 6.45) is 0. The Bertz CT molecular complexity index is 880. The van der Waals surface area contributed by atoms with E-state index in [1.165, 1.54) is 18.3 Å². The van der Waals surface area contributed by atoms with E-state index in [1.54, 1.807) is 24.3 Å². The minimum Gasteiger partial charge on any atom is -0.321 e. The summed E-state index contributed by atoms with van der Waals surface area (Å²) in [5.41, 5.74) is 2.21. The van der Waals surface area contributed by atoms with Crippen molar-refractivity contribution in [2.24, 2.45) is 0 Å². The fourth-order valence-corrected chi connectivity index (χ4v) is 3.50. The molecule has 0 aliphatic carbocycles. The number of ketones is 1. The van der Waals surface area contributed by atoms with Gasteiger partial charge in [0.2, 0.25) is 0 Å². The Morgan fingerprint density at radius 3 is 2.55 bits per heavy atom. The highest BCUT2D eigenvalue weighted by molar-refractivity contribution is 7.21. The molecule has 3 aromatic rings. The van der Waals surface area contributed by atoms with Crippen molar-refractivity contribution < 1.29 is 9.59 Å². The van der Waals surface area contributed by atoms with Crippen LogP contribution in [0, 0.1) is 6.92 Å². The van der Waals surface area contributed by atoms with Gasteiger partial charge in [-0.25, -0.2) is 0 Å². The average Bonchev–Trinajstić information content (AvgIpc) is 2.85. The molecule has 0 radical (unpaired) electrons. The number of anilines is 1. The number of hydrogen-bond acceptors (Lipinski definition) is 3. The third kappa shape index (κ3) is 2.65. The van der Waals surface area contributed by atoms with E-state index in [0.717, 1.165) is 15.6 Å². The van der Waals surface area contributed by atoms with Crippen molar-refractivity contribution in [2.45, 2.75) is 13.8 Å². The van der Waals surface area contributed by atoms with Crippen LogP contribution in [0.3, 0.4) is 0 Å². The summed E-state index contributed by atoms with van der Waals surface area (Å²) in [5.74, 6) is -0.159. The van der Waals surface area contributed by atoms with Crippen molar-refractivity contribution in [1.29, 1.82) is 0 Å². The number of carbonyl (C=O) groups is 2. The molecular weight excluding hydrogens is 294 g/mol. The first kappa shape index (κ1) is 14.5. The van der Waals surface area contributed by atoms with Crippen LogP contribution >= 0.6 is 11.3 Å². The van der Waals surface area contributed by atoms with Crippen molar-refractivity contribution in [2.75, 3.05) is 5.32 Å². The maximum absolute atomic E-state index is 12.5. The van der Waals surface area contributed by atoms with Crippen LogP contribution in [0.25, 0.3) is 10.1 Å². The number of hydrogen-bond donors (Lipinski definition) is 1. The second-order valence-corrected chi connectivity index (χ2v) is 6.20. The highest BCUT2D eigenvalue weighted by Crippen LogP contribution is 2.31. The zero-order valence-electron chi connectivity index (χ0n) is 12.3. The van der Waals surface area contributed by atoms with E-state index >= 15 is 0 Å². The fourth-order valence-electron chi connectivity index (χ4n) is 2.39. The Morgan fingerprint density at radius 2 is 1.82 bits per heavy atom. The summed E-state index contributed by atoms with van der Waals surface area (Å²) < 4.78 is 1.10. The lowest BCUT2D eigenvalue weighted by atomic mass is 10.1. The first-order chi connectivity index (χ1) is 10.6. The molecule has 2 aromatic carbocycles. The summed E-state index contributed by atoms with van der Waals surface area (Å²) >= 11 is 1.48. The quantitative estimate of drug-likeness (QED) is 0.715. The van der Waals surface area contributed by atoms with Crippen molar-refractivity contribution in [3.8, 4) is 0 Å². The van der Waals surface area contributed by atoms with Gasteiger partial charge in [-0.1, -0.05) is 30.3 Å². The van der Waals surface area contributed by atoms with Crippen LogP contribution < -0.4 is 5.32 Å². The molecule has 1 heterocycles. The topological polar surface area (TPSA) is 46.2 Å². The lowest BCUT2D eigenvalue weighted by Crippen LogP contribution is -2.11. The molecule has 0 saturated carbocycles. The molecule has 1 N–H and O–H groups in total. The fraction of sp³-hybridized carbons (Fsp3) is 0.111. The SMILES string of the molecule is CC(=O)c1cccc(NC(=O)c2sc3ccccc3c2C)c1. The van der Waals surface area contributed by atoms with Crippen LogP contribution in [-0.4, -0.2) is 11.7 Å². The van der Waals surface area contributed by atoms with Gasteiger partial charge in [0.1, 0.15) is 0 Å². The molecule has 1 aromatic heterocycles. The number of rotatable bonds is 3. The lowest BCUT2D eigenvalue weighted by Gasteiger charge is -2.05. The van der Waals surface area contributed by atoms with Crippen LogP contribution in [-0.2, 0) is 0 Å². The highest BCUT2D eigenvalue weighted by atomic mass is 32.1. The van der Waals surface area contributed by atoms with Crippen LogP contribution in [0.2, 0.25) is 0 Å². The number of carbonyl (C=O) groups excluding carboxylic acids is 2. The summed E-state index contributed by atoms with van der Waals surface area (Å²) in [4.78, 5) is 24.6. The zero-order valence-corrected chi connectivity index (χ0v) is 13.2. The van der Waals surface area contributed by atoms with E-state index in [-0.39, 0.29) is 11.7 Å². The zero-order chi connectivity index (χ0) is 15.7. The number of aryl methyl sites for hydroxylation is 1. The predicted molar refractivity (Wildman–Crippen MR) is 91.0 cm³/mol. The lowest BCUT2D eigenvalue weighted by molar-refractivity contribution is 0.101. The molecule has 3 rings (SSSR count). The molecule has 4 heteroatoms. The van der Waals surface area contributed by atoms with Crippen molar-refractivity contribution in [1.82, 2.24) is 0 Å². The Labute approximate surface area is 132 Å². The second kappa shape index (κ2) is 5.73. The van der Waals surface area contributed by atoms with Gasteiger partial charge in [0, 0.05) is 16.0 Å². The van der Waals surface area contributed by atoms with E-state index in [2.05, 4.69) is 5.32 Å². The normalized spacial score (nSPS) is 10.6. The second-order valence-electron chi connectivity index (χ2n) is 5.14. The summed E-state index contributed by atoms with van der Waals surface area (Å²) in [5, 5.41) is 3.98. The van der Waals surface area contributed by atoms with Gasteiger partial charge < -0.3 is 5.32 Å². The van der Waals surface area contributed by atoms with Gasteiger partial charge in [-0.2, -0.15) is 0 Å². The van der Waals surface area contributed by atoms with Gasteiger partial charge in [0.25, 0.3) is 5.91 Å². The molecular formula is C18H15NO2S. The number of nitrogens with one attached hydrogen (secondary N) is 1. The standard InChI is InChI=1S/C18H15NO2S/c1-11-15-8-3-4-9-16(15)22-17(11)18(21)19-14-7-5-6-13(10-14)12(2)20/h3-10H,1-2H3,(H,19,21). The molecule has 0 bridgehead atoms. The van der Waals surface area contributed by atoms with Crippen LogP contribution in [0.15, 0.2) is 48.5 Å². The third-order valence-electron chi connectivity index (χ3n) is 3.58. The number of thiophene rings is 1. The molecule has 0 aliphatic rings. The molecule has 0 fully saturated rings. The first-order valence-corrected chi connectivity index (χ1v) is 7.78. The molecule has 0 spiro atoms. The maximum Gasteiger partial charge on any atom is 0.266 e. The minimum absolute atomic E-state index is 0.0193. The summed E-state index contributed by atoms with van der Waals surface area (Å²) in [6.45, 7) is 3.47. The van der Waals surface area contributed by atoms with Gasteiger partial charge >= 0.3 is 0 Å². The van der Waals surface area contributed by atoms with E-state index in [0.29, 0.717) is 16.1 Å². The molecule has 0 aliphatic heterocycles. The van der Waals surface area contributed by atoms with Crippen LogP contribution in [0.5, 0.6) is 0 Å². The Kier molecular flexibility index (Phi) is 3.77. The number of Topliss-reactive ketones (excluding diaryl/α,β-unsaturated/α-hetero) is 1. The molecule has 0 atom stereocenters. The smallest absolute Gasteiger partial charge is 0.266 e. The minimum atomic E-state index is -0.139. The van der Waals surface area contributed by atoms with E-state index in [1.807, 2.05) is 31.2 Å². The van der Waals surface area contributed by atoms with Gasteiger partial charge in [0.15, 0.2) is 5.78 Å². The molecule has 3 nitrogen and oxygen atoms in total. The van der Waals surface area contributed by atoms with E-state index < -0.39 is 0 Å². The number of fused-ring (bicyclic) bond motifs is 1. The Morgan fingerprint density at radius 1 is 1.05 bits per heavy atom. The van der Waals surface area contributed by atoms with Crippen LogP contribution in [0.1, 0.15) is 32.5 Å². The summed E-state index contributed by atoms with van der Waals surface area (Å²) in [6, 6.07) is 15.0. The first-order valence-electron chi connectivity index (χ1n) is 6.97. The van der Waals surface area contributed by atoms with Crippen LogP contribution in [0.4, 0.5) is 5.69 Å². The highest BCUT2D eigenvalue weighted by Gasteiger charge is 2.15. The van der Waals surface area contributed by atoms with Crippen molar-refractivity contribution in [3.63, 3.8) is 0 Å². The van der Waals surface area contributed by atoms with Gasteiger partial charge in [0.05, 0.1) is 4.88 Å². The van der Waals surface area contributed by atoms with E-state index in [4.69, 9.17) is 0 Å². The number of amides is 1. The van der Waals surface area contributed by atoms with Crippen molar-refractivity contribution >= 4 is 38.8 Å². The molecule has 110 valence electrons. The predicted octanol–water partition coefficient (Wildman–Crippen LogP) is 4.66. The largest absolute Gasteiger partial charge is 0.321 e. The number of benzene rings is 2. The monoisotopic (exact) mass is 309 g/mol.